The Morgan fingerprint density at radius 1 is 0.548 bits per heavy atom. The van der Waals surface area contributed by atoms with Crippen molar-refractivity contribution in [2.75, 3.05) is 13.1 Å². The SMILES string of the molecule is C[C@H](NC(=O)CCCCCCCCC(=O)NCCCCCCCCCCCC(=O)N[C@@H](CCCCN)C(=O)O)C(=O)O. The second-order valence-electron chi connectivity index (χ2n) is 11.3. The molecule has 11 nitrogen and oxygen atoms in total. The van der Waals surface area contributed by atoms with E-state index in [1.54, 1.807) is 0 Å². The summed E-state index contributed by atoms with van der Waals surface area (Å²) in [6.07, 6.45) is 18.2. The zero-order valence-corrected chi connectivity index (χ0v) is 25.9. The van der Waals surface area contributed by atoms with Gasteiger partial charge >= 0.3 is 11.9 Å². The van der Waals surface area contributed by atoms with Crippen LogP contribution in [0.4, 0.5) is 0 Å². The van der Waals surface area contributed by atoms with E-state index in [9.17, 15) is 29.1 Å². The molecule has 3 amide bonds. The topological polar surface area (TPSA) is 188 Å². The zero-order valence-electron chi connectivity index (χ0n) is 25.9. The van der Waals surface area contributed by atoms with Crippen LogP contribution in [0, 0.1) is 0 Å². The fraction of sp³-hybridized carbons (Fsp3) is 0.839. The third-order valence-corrected chi connectivity index (χ3v) is 7.29. The second kappa shape index (κ2) is 27.2. The van der Waals surface area contributed by atoms with Crippen molar-refractivity contribution in [1.29, 1.82) is 0 Å². The summed E-state index contributed by atoms with van der Waals surface area (Å²) < 4.78 is 0. The van der Waals surface area contributed by atoms with Gasteiger partial charge in [0.25, 0.3) is 0 Å². The number of carbonyl (C=O) groups is 5. The standard InChI is InChI=1S/C31H58N4O7/c1-25(30(39)40)34-28(37)21-14-11-7-6-9-13-20-27(36)33-24-18-12-8-4-2-3-5-10-15-22-29(38)35-26(31(41)42)19-16-17-23-32/h25-26H,2-24,32H2,1H3,(H,33,36)(H,34,37)(H,35,38)(H,39,40)(H,41,42)/t25-,26-/m0/s1. The Morgan fingerprint density at radius 2 is 0.976 bits per heavy atom. The van der Waals surface area contributed by atoms with Crippen LogP contribution in [0.2, 0.25) is 0 Å². The van der Waals surface area contributed by atoms with Crippen molar-refractivity contribution in [1.82, 2.24) is 16.0 Å². The molecule has 0 rings (SSSR count). The summed E-state index contributed by atoms with van der Waals surface area (Å²) in [5.41, 5.74) is 5.44. The van der Waals surface area contributed by atoms with Crippen LogP contribution in [-0.4, -0.2) is 65.0 Å². The van der Waals surface area contributed by atoms with Gasteiger partial charge in [-0.15, -0.1) is 0 Å². The van der Waals surface area contributed by atoms with Gasteiger partial charge in [-0.1, -0.05) is 70.6 Å². The average Bonchev–Trinajstić information content (AvgIpc) is 2.94. The molecule has 7 N–H and O–H groups in total. The Hall–Kier alpha value is -2.69. The molecule has 0 aromatic heterocycles. The number of hydrogen-bond donors (Lipinski definition) is 6. The van der Waals surface area contributed by atoms with Gasteiger partial charge in [-0.3, -0.25) is 19.2 Å². The number of aliphatic carboxylic acids is 2. The summed E-state index contributed by atoms with van der Waals surface area (Å²) in [5, 5.41) is 26.1. The van der Waals surface area contributed by atoms with Crippen molar-refractivity contribution in [3.05, 3.63) is 0 Å². The number of rotatable bonds is 29. The summed E-state index contributed by atoms with van der Waals surface area (Å²) in [7, 11) is 0. The number of hydrogen-bond acceptors (Lipinski definition) is 6. The molecule has 0 aliphatic rings. The van der Waals surface area contributed by atoms with Crippen LogP contribution in [0.3, 0.4) is 0 Å². The molecule has 0 aliphatic heterocycles. The molecular weight excluding hydrogens is 540 g/mol. The van der Waals surface area contributed by atoms with Crippen molar-refractivity contribution in [2.24, 2.45) is 5.73 Å². The maximum Gasteiger partial charge on any atom is 0.326 e. The van der Waals surface area contributed by atoms with E-state index >= 15 is 0 Å². The Kier molecular flexibility index (Phi) is 25.4. The Bertz CT molecular complexity index is 764. The Morgan fingerprint density at radius 3 is 1.43 bits per heavy atom. The van der Waals surface area contributed by atoms with Gasteiger partial charge < -0.3 is 31.9 Å². The number of carboxylic acids is 2. The summed E-state index contributed by atoms with van der Waals surface area (Å²) in [6.45, 7) is 2.69. The molecular formula is C31H58N4O7. The van der Waals surface area contributed by atoms with Gasteiger partial charge in [0.15, 0.2) is 0 Å². The normalized spacial score (nSPS) is 12.3. The third kappa shape index (κ3) is 25.1. The smallest absolute Gasteiger partial charge is 0.326 e. The maximum absolute atomic E-state index is 12.0. The van der Waals surface area contributed by atoms with E-state index in [1.807, 2.05) is 0 Å². The maximum atomic E-state index is 12.0. The van der Waals surface area contributed by atoms with Gasteiger partial charge in [-0.2, -0.15) is 0 Å². The van der Waals surface area contributed by atoms with E-state index in [0.717, 1.165) is 103 Å². The number of carbonyl (C=O) groups excluding carboxylic acids is 3. The van der Waals surface area contributed by atoms with Crippen LogP contribution in [0.5, 0.6) is 0 Å². The summed E-state index contributed by atoms with van der Waals surface area (Å²) in [6, 6.07) is -1.68. The van der Waals surface area contributed by atoms with Crippen molar-refractivity contribution in [3.8, 4) is 0 Å². The lowest BCUT2D eigenvalue weighted by molar-refractivity contribution is -0.142. The molecule has 11 heteroatoms. The fourth-order valence-electron chi connectivity index (χ4n) is 4.63. The molecule has 2 atom stereocenters. The monoisotopic (exact) mass is 598 g/mol. The zero-order chi connectivity index (χ0) is 31.4. The van der Waals surface area contributed by atoms with Gasteiger partial charge in [-0.05, 0) is 58.4 Å². The number of nitrogens with one attached hydrogen (secondary N) is 3. The molecule has 0 spiro atoms. The number of amides is 3. The summed E-state index contributed by atoms with van der Waals surface area (Å²) in [4.78, 5) is 57.6. The van der Waals surface area contributed by atoms with Gasteiger partial charge in [0.1, 0.15) is 12.1 Å². The van der Waals surface area contributed by atoms with E-state index in [1.165, 1.54) is 13.3 Å². The van der Waals surface area contributed by atoms with Gasteiger partial charge in [0.05, 0.1) is 0 Å². The number of carboxylic acid groups (broad SMARTS) is 2. The minimum Gasteiger partial charge on any atom is -0.480 e. The molecule has 0 unspecified atom stereocenters. The van der Waals surface area contributed by atoms with Crippen LogP contribution in [0.15, 0.2) is 0 Å². The average molecular weight is 599 g/mol. The highest BCUT2D eigenvalue weighted by molar-refractivity contribution is 5.83. The van der Waals surface area contributed by atoms with Crippen LogP contribution in [0.25, 0.3) is 0 Å². The first-order chi connectivity index (χ1) is 20.2. The first-order valence-corrected chi connectivity index (χ1v) is 16.2. The quantitative estimate of drug-likeness (QED) is 0.0683. The highest BCUT2D eigenvalue weighted by Gasteiger charge is 2.19. The molecule has 0 heterocycles. The van der Waals surface area contributed by atoms with E-state index in [-0.39, 0.29) is 17.7 Å². The minimum atomic E-state index is -1.03. The Labute approximate surface area is 252 Å². The molecule has 0 aromatic rings. The lowest BCUT2D eigenvalue weighted by atomic mass is 10.1. The van der Waals surface area contributed by atoms with Crippen LogP contribution < -0.4 is 21.7 Å². The molecule has 42 heavy (non-hydrogen) atoms. The van der Waals surface area contributed by atoms with Gasteiger partial charge in [0.2, 0.25) is 17.7 Å². The fourth-order valence-corrected chi connectivity index (χ4v) is 4.63. The van der Waals surface area contributed by atoms with E-state index in [0.29, 0.717) is 38.6 Å². The van der Waals surface area contributed by atoms with E-state index in [4.69, 9.17) is 10.8 Å². The largest absolute Gasteiger partial charge is 0.480 e. The highest BCUT2D eigenvalue weighted by atomic mass is 16.4. The third-order valence-electron chi connectivity index (χ3n) is 7.29. The van der Waals surface area contributed by atoms with E-state index in [2.05, 4.69) is 16.0 Å². The van der Waals surface area contributed by atoms with Gasteiger partial charge in [0, 0.05) is 25.8 Å². The van der Waals surface area contributed by atoms with Crippen LogP contribution in [-0.2, 0) is 24.0 Å². The van der Waals surface area contributed by atoms with Crippen LogP contribution >= 0.6 is 0 Å². The van der Waals surface area contributed by atoms with Crippen molar-refractivity contribution < 1.29 is 34.2 Å². The minimum absolute atomic E-state index is 0.109. The summed E-state index contributed by atoms with van der Waals surface area (Å²) >= 11 is 0. The number of unbranched alkanes of at least 4 members (excludes halogenated alkanes) is 14. The molecule has 0 bridgehead atoms. The molecule has 0 fully saturated rings. The molecule has 244 valence electrons. The highest BCUT2D eigenvalue weighted by Crippen LogP contribution is 2.12. The first kappa shape index (κ1) is 39.3. The van der Waals surface area contributed by atoms with Crippen molar-refractivity contribution >= 4 is 29.7 Å². The predicted octanol–water partition coefficient (Wildman–Crippen LogP) is 4.41. The van der Waals surface area contributed by atoms with Crippen molar-refractivity contribution in [3.63, 3.8) is 0 Å². The molecule has 0 radical (unpaired) electrons. The molecule has 0 saturated heterocycles. The Balaban J connectivity index is 3.47. The molecule has 0 saturated carbocycles. The summed E-state index contributed by atoms with van der Waals surface area (Å²) in [5.74, 6) is -2.33. The van der Waals surface area contributed by atoms with Gasteiger partial charge in [-0.25, -0.2) is 4.79 Å². The second-order valence-corrected chi connectivity index (χ2v) is 11.3. The van der Waals surface area contributed by atoms with Crippen LogP contribution in [0.1, 0.15) is 142 Å². The lowest BCUT2D eigenvalue weighted by Crippen LogP contribution is -2.40. The lowest BCUT2D eigenvalue weighted by Gasteiger charge is -2.14. The predicted molar refractivity (Wildman–Crippen MR) is 164 cm³/mol. The molecule has 0 aliphatic carbocycles. The molecule has 0 aromatic carbocycles. The number of nitrogens with two attached hydrogens (primary N) is 1. The first-order valence-electron chi connectivity index (χ1n) is 16.2. The van der Waals surface area contributed by atoms with Crippen molar-refractivity contribution in [2.45, 2.75) is 154 Å². The van der Waals surface area contributed by atoms with E-state index < -0.39 is 24.0 Å².